The van der Waals surface area contributed by atoms with Crippen molar-refractivity contribution in [3.63, 3.8) is 0 Å². The summed E-state index contributed by atoms with van der Waals surface area (Å²) in [5.41, 5.74) is 2.37. The number of anilines is 2. The van der Waals surface area contributed by atoms with Gasteiger partial charge in [0, 0.05) is 29.9 Å². The van der Waals surface area contributed by atoms with Gasteiger partial charge in [-0.25, -0.2) is 4.98 Å². The van der Waals surface area contributed by atoms with Crippen LogP contribution in [0.1, 0.15) is 62.8 Å². The van der Waals surface area contributed by atoms with Gasteiger partial charge in [0.25, 0.3) is 0 Å². The summed E-state index contributed by atoms with van der Waals surface area (Å²) < 4.78 is 0. The SMILES string of the molecule is C=CNCCCCc1cccc(Nc2cc(C3CC(CCC)C3)[nH]n2)n1. The van der Waals surface area contributed by atoms with E-state index in [1.807, 2.05) is 6.07 Å². The maximum absolute atomic E-state index is 4.70. The third-order valence-electron chi connectivity index (χ3n) is 5.18. The predicted molar refractivity (Wildman–Crippen MR) is 108 cm³/mol. The van der Waals surface area contributed by atoms with Crippen molar-refractivity contribution in [2.75, 3.05) is 11.9 Å². The molecule has 0 radical (unpaired) electrons. The highest BCUT2D eigenvalue weighted by Crippen LogP contribution is 2.43. The smallest absolute Gasteiger partial charge is 0.153 e. The summed E-state index contributed by atoms with van der Waals surface area (Å²) in [5.74, 6) is 3.28. The predicted octanol–water partition coefficient (Wildman–Crippen LogP) is 4.90. The minimum absolute atomic E-state index is 0.651. The van der Waals surface area contributed by atoms with Crippen LogP contribution in [-0.4, -0.2) is 21.7 Å². The van der Waals surface area contributed by atoms with Crippen molar-refractivity contribution >= 4 is 11.6 Å². The molecular formula is C21H31N5. The topological polar surface area (TPSA) is 65.6 Å². The zero-order valence-electron chi connectivity index (χ0n) is 15.8. The lowest BCUT2D eigenvalue weighted by molar-refractivity contribution is 0.242. The molecule has 1 fully saturated rings. The molecule has 0 aliphatic heterocycles. The average molecular weight is 354 g/mol. The highest BCUT2D eigenvalue weighted by molar-refractivity contribution is 5.52. The molecule has 0 amide bonds. The third-order valence-corrected chi connectivity index (χ3v) is 5.18. The van der Waals surface area contributed by atoms with E-state index in [0.717, 1.165) is 49.1 Å². The van der Waals surface area contributed by atoms with Crippen molar-refractivity contribution in [1.29, 1.82) is 0 Å². The Morgan fingerprint density at radius 1 is 1.27 bits per heavy atom. The van der Waals surface area contributed by atoms with Crippen LogP contribution in [0.3, 0.4) is 0 Å². The number of hydrogen-bond donors (Lipinski definition) is 3. The average Bonchev–Trinajstić information content (AvgIpc) is 3.06. The molecule has 0 aromatic carbocycles. The number of aromatic amines is 1. The minimum Gasteiger partial charge on any atom is -0.391 e. The molecule has 26 heavy (non-hydrogen) atoms. The number of nitrogens with one attached hydrogen (secondary N) is 3. The molecule has 140 valence electrons. The van der Waals surface area contributed by atoms with Gasteiger partial charge in [0.2, 0.25) is 0 Å². The second-order valence-electron chi connectivity index (χ2n) is 7.29. The van der Waals surface area contributed by atoms with Gasteiger partial charge in [-0.1, -0.05) is 32.4 Å². The van der Waals surface area contributed by atoms with E-state index in [4.69, 9.17) is 4.98 Å². The molecule has 1 saturated carbocycles. The number of nitrogens with zero attached hydrogens (tertiary/aromatic N) is 2. The number of unbranched alkanes of at least 4 members (excludes halogenated alkanes) is 1. The Morgan fingerprint density at radius 2 is 2.15 bits per heavy atom. The number of pyridine rings is 1. The molecule has 0 spiro atoms. The van der Waals surface area contributed by atoms with E-state index < -0.39 is 0 Å². The molecule has 1 aliphatic rings. The van der Waals surface area contributed by atoms with Gasteiger partial charge < -0.3 is 10.6 Å². The first-order valence-corrected chi connectivity index (χ1v) is 9.91. The van der Waals surface area contributed by atoms with Crippen LogP contribution in [0.2, 0.25) is 0 Å². The summed E-state index contributed by atoms with van der Waals surface area (Å²) >= 11 is 0. The number of rotatable bonds is 11. The first kappa shape index (κ1) is 18.5. The summed E-state index contributed by atoms with van der Waals surface area (Å²) in [6.07, 6.45) is 10.2. The molecule has 0 atom stereocenters. The maximum Gasteiger partial charge on any atom is 0.153 e. The Hall–Kier alpha value is -2.30. The van der Waals surface area contributed by atoms with Crippen LogP contribution in [-0.2, 0) is 6.42 Å². The molecule has 2 heterocycles. The van der Waals surface area contributed by atoms with Gasteiger partial charge in [-0.15, -0.1) is 0 Å². The molecule has 0 unspecified atom stereocenters. The van der Waals surface area contributed by atoms with E-state index in [0.29, 0.717) is 5.92 Å². The quantitative estimate of drug-likeness (QED) is 0.503. The first-order chi connectivity index (χ1) is 12.8. The van der Waals surface area contributed by atoms with Crippen LogP contribution >= 0.6 is 0 Å². The van der Waals surface area contributed by atoms with E-state index in [1.165, 1.54) is 31.4 Å². The Labute approximate surface area is 156 Å². The lowest BCUT2D eigenvalue weighted by Gasteiger charge is -2.34. The summed E-state index contributed by atoms with van der Waals surface area (Å²) in [7, 11) is 0. The van der Waals surface area contributed by atoms with Gasteiger partial charge in [0.1, 0.15) is 5.82 Å². The fourth-order valence-corrected chi connectivity index (χ4v) is 3.70. The maximum atomic E-state index is 4.70. The van der Waals surface area contributed by atoms with E-state index >= 15 is 0 Å². The zero-order chi connectivity index (χ0) is 18.2. The lowest BCUT2D eigenvalue weighted by Crippen LogP contribution is -2.21. The molecule has 3 rings (SSSR count). The van der Waals surface area contributed by atoms with Crippen molar-refractivity contribution < 1.29 is 0 Å². The molecule has 5 heteroatoms. The lowest BCUT2D eigenvalue weighted by atomic mass is 9.71. The van der Waals surface area contributed by atoms with Crippen molar-refractivity contribution in [2.45, 2.75) is 57.8 Å². The van der Waals surface area contributed by atoms with Gasteiger partial charge >= 0.3 is 0 Å². The molecule has 1 aliphatic carbocycles. The monoisotopic (exact) mass is 353 g/mol. The molecule has 5 nitrogen and oxygen atoms in total. The summed E-state index contributed by atoms with van der Waals surface area (Å²) in [6, 6.07) is 8.28. The molecular weight excluding hydrogens is 322 g/mol. The highest BCUT2D eigenvalue weighted by atomic mass is 15.2. The van der Waals surface area contributed by atoms with Crippen LogP contribution in [0.25, 0.3) is 0 Å². The molecule has 3 N–H and O–H groups in total. The Morgan fingerprint density at radius 3 is 2.96 bits per heavy atom. The second kappa shape index (κ2) is 9.41. The fraction of sp³-hybridized carbons (Fsp3) is 0.524. The summed E-state index contributed by atoms with van der Waals surface area (Å²) in [5, 5.41) is 14.1. The highest BCUT2D eigenvalue weighted by Gasteiger charge is 2.30. The first-order valence-electron chi connectivity index (χ1n) is 9.91. The normalized spacial score (nSPS) is 19.0. The summed E-state index contributed by atoms with van der Waals surface area (Å²) in [4.78, 5) is 4.70. The minimum atomic E-state index is 0.651. The van der Waals surface area contributed by atoms with Gasteiger partial charge in [0.15, 0.2) is 5.82 Å². The Kier molecular flexibility index (Phi) is 6.69. The van der Waals surface area contributed by atoms with Crippen LogP contribution in [0.15, 0.2) is 37.0 Å². The van der Waals surface area contributed by atoms with Gasteiger partial charge in [0.05, 0.1) is 0 Å². The second-order valence-corrected chi connectivity index (χ2v) is 7.29. The van der Waals surface area contributed by atoms with Crippen molar-refractivity contribution in [1.82, 2.24) is 20.5 Å². The van der Waals surface area contributed by atoms with E-state index in [2.05, 4.69) is 52.5 Å². The van der Waals surface area contributed by atoms with E-state index in [9.17, 15) is 0 Å². The van der Waals surface area contributed by atoms with Crippen molar-refractivity contribution in [3.8, 4) is 0 Å². The van der Waals surface area contributed by atoms with Crippen molar-refractivity contribution in [2.24, 2.45) is 5.92 Å². The van der Waals surface area contributed by atoms with Crippen LogP contribution in [0.5, 0.6) is 0 Å². The Bertz CT molecular complexity index is 687. The van der Waals surface area contributed by atoms with Crippen LogP contribution in [0, 0.1) is 5.92 Å². The third kappa shape index (κ3) is 5.10. The number of H-pyrrole nitrogens is 1. The molecule has 2 aromatic rings. The summed E-state index contributed by atoms with van der Waals surface area (Å²) in [6.45, 7) is 6.90. The molecule has 0 bridgehead atoms. The number of aryl methyl sites for hydroxylation is 1. The van der Waals surface area contributed by atoms with Gasteiger partial charge in [-0.05, 0) is 56.4 Å². The number of aromatic nitrogens is 3. The number of hydrogen-bond acceptors (Lipinski definition) is 4. The zero-order valence-corrected chi connectivity index (χ0v) is 15.8. The van der Waals surface area contributed by atoms with Gasteiger partial charge in [-0.3, -0.25) is 5.10 Å². The van der Waals surface area contributed by atoms with Gasteiger partial charge in [-0.2, -0.15) is 5.10 Å². The fourth-order valence-electron chi connectivity index (χ4n) is 3.70. The van der Waals surface area contributed by atoms with E-state index in [1.54, 1.807) is 6.20 Å². The Balaban J connectivity index is 1.48. The van der Waals surface area contributed by atoms with Crippen molar-refractivity contribution in [3.05, 3.63) is 48.4 Å². The molecule has 0 saturated heterocycles. The largest absolute Gasteiger partial charge is 0.391 e. The van der Waals surface area contributed by atoms with Crippen LogP contribution in [0.4, 0.5) is 11.6 Å². The van der Waals surface area contributed by atoms with E-state index in [-0.39, 0.29) is 0 Å². The molecule has 2 aromatic heterocycles. The van der Waals surface area contributed by atoms with Crippen LogP contribution < -0.4 is 10.6 Å². The standard InChI is InChI=1S/C21H31N5/c1-3-8-16-13-17(14-16)19-15-21(26-25-19)24-20-11-7-10-18(23-20)9-5-6-12-22-4-2/h4,7,10-11,15-17,22H,2-3,5-6,8-9,12-14H2,1H3,(H2,23,24,25,26).